The standard InChI is InChI=1S/C13H20N2O2/c1-10-8-11(4-5-12(10)17-3)9-15(2)13(16)6-7-14/h4-5,8H,6-7,9,14H2,1-3H3. The first-order valence-electron chi connectivity index (χ1n) is 5.66. The number of amides is 1. The first-order valence-corrected chi connectivity index (χ1v) is 5.66. The van der Waals surface area contributed by atoms with Crippen LogP contribution in [0.4, 0.5) is 0 Å². The number of rotatable bonds is 5. The highest BCUT2D eigenvalue weighted by Crippen LogP contribution is 2.19. The molecule has 1 rings (SSSR count). The SMILES string of the molecule is COc1ccc(CN(C)C(=O)CCN)cc1C. The molecule has 94 valence electrons. The lowest BCUT2D eigenvalue weighted by molar-refractivity contribution is -0.130. The molecule has 1 aromatic rings. The fourth-order valence-corrected chi connectivity index (χ4v) is 1.72. The molecule has 0 spiro atoms. The molecular formula is C13H20N2O2. The molecule has 1 amide bonds. The minimum Gasteiger partial charge on any atom is -0.496 e. The average Bonchev–Trinajstić information content (AvgIpc) is 2.29. The summed E-state index contributed by atoms with van der Waals surface area (Å²) in [6, 6.07) is 5.93. The first kappa shape index (κ1) is 13.5. The van der Waals surface area contributed by atoms with E-state index in [1.54, 1.807) is 19.1 Å². The molecule has 0 saturated heterocycles. The summed E-state index contributed by atoms with van der Waals surface area (Å²) in [6.07, 6.45) is 0.394. The van der Waals surface area contributed by atoms with Crippen molar-refractivity contribution in [3.05, 3.63) is 29.3 Å². The van der Waals surface area contributed by atoms with Crippen molar-refractivity contribution in [2.75, 3.05) is 20.7 Å². The third kappa shape index (κ3) is 3.75. The maximum atomic E-state index is 11.6. The van der Waals surface area contributed by atoms with Gasteiger partial charge in [0.2, 0.25) is 5.91 Å². The molecule has 4 nitrogen and oxygen atoms in total. The van der Waals surface area contributed by atoms with Crippen molar-refractivity contribution < 1.29 is 9.53 Å². The van der Waals surface area contributed by atoms with Crippen molar-refractivity contribution in [1.29, 1.82) is 0 Å². The summed E-state index contributed by atoms with van der Waals surface area (Å²) in [5, 5.41) is 0. The first-order chi connectivity index (χ1) is 8.08. The largest absolute Gasteiger partial charge is 0.496 e. The number of ether oxygens (including phenoxy) is 1. The smallest absolute Gasteiger partial charge is 0.223 e. The summed E-state index contributed by atoms with van der Waals surface area (Å²) >= 11 is 0. The Morgan fingerprint density at radius 1 is 1.47 bits per heavy atom. The minimum absolute atomic E-state index is 0.0703. The van der Waals surface area contributed by atoms with Crippen LogP contribution in [0.1, 0.15) is 17.5 Å². The second kappa shape index (κ2) is 6.25. The summed E-state index contributed by atoms with van der Waals surface area (Å²) in [6.45, 7) is 2.98. The van der Waals surface area contributed by atoms with Gasteiger partial charge in [0.1, 0.15) is 5.75 Å². The third-order valence-corrected chi connectivity index (χ3v) is 2.66. The van der Waals surface area contributed by atoms with Crippen LogP contribution < -0.4 is 10.5 Å². The number of carbonyl (C=O) groups excluding carboxylic acids is 1. The molecule has 0 unspecified atom stereocenters. The predicted molar refractivity (Wildman–Crippen MR) is 67.9 cm³/mol. The molecule has 0 atom stereocenters. The molecule has 0 aliphatic rings. The van der Waals surface area contributed by atoms with Crippen LogP contribution >= 0.6 is 0 Å². The Kier molecular flexibility index (Phi) is 4.97. The molecule has 0 saturated carbocycles. The quantitative estimate of drug-likeness (QED) is 0.838. The van der Waals surface area contributed by atoms with Crippen LogP contribution in [-0.2, 0) is 11.3 Å². The summed E-state index contributed by atoms with van der Waals surface area (Å²) < 4.78 is 5.19. The predicted octanol–water partition coefficient (Wildman–Crippen LogP) is 1.31. The molecule has 0 aromatic heterocycles. The fraction of sp³-hybridized carbons (Fsp3) is 0.462. The van der Waals surface area contributed by atoms with Crippen LogP contribution in [0.15, 0.2) is 18.2 Å². The van der Waals surface area contributed by atoms with Gasteiger partial charge in [-0.15, -0.1) is 0 Å². The van der Waals surface area contributed by atoms with Crippen molar-refractivity contribution >= 4 is 5.91 Å². The average molecular weight is 236 g/mol. The van der Waals surface area contributed by atoms with Crippen LogP contribution in [0.2, 0.25) is 0 Å². The van der Waals surface area contributed by atoms with Crippen molar-refractivity contribution in [1.82, 2.24) is 4.90 Å². The van der Waals surface area contributed by atoms with Crippen molar-refractivity contribution in [3.63, 3.8) is 0 Å². The molecule has 0 radical (unpaired) electrons. The maximum absolute atomic E-state index is 11.6. The molecule has 17 heavy (non-hydrogen) atoms. The van der Waals surface area contributed by atoms with Crippen LogP contribution in [0.25, 0.3) is 0 Å². The molecule has 0 bridgehead atoms. The van der Waals surface area contributed by atoms with Gasteiger partial charge in [0, 0.05) is 26.6 Å². The van der Waals surface area contributed by atoms with Crippen molar-refractivity contribution in [2.24, 2.45) is 5.73 Å². The van der Waals surface area contributed by atoms with Gasteiger partial charge in [0.25, 0.3) is 0 Å². The van der Waals surface area contributed by atoms with E-state index in [1.807, 2.05) is 25.1 Å². The van der Waals surface area contributed by atoms with E-state index in [4.69, 9.17) is 10.5 Å². The van der Waals surface area contributed by atoms with Crippen molar-refractivity contribution in [2.45, 2.75) is 19.9 Å². The summed E-state index contributed by atoms with van der Waals surface area (Å²) in [5.74, 6) is 0.936. The van der Waals surface area contributed by atoms with E-state index in [2.05, 4.69) is 0 Å². The Bertz CT molecular complexity index is 391. The number of aryl methyl sites for hydroxylation is 1. The minimum atomic E-state index is 0.0703. The van der Waals surface area contributed by atoms with Gasteiger partial charge in [-0.1, -0.05) is 12.1 Å². The van der Waals surface area contributed by atoms with Gasteiger partial charge in [-0.2, -0.15) is 0 Å². The lowest BCUT2D eigenvalue weighted by Crippen LogP contribution is -2.27. The van der Waals surface area contributed by atoms with Crippen LogP contribution in [0, 0.1) is 6.92 Å². The van der Waals surface area contributed by atoms with Gasteiger partial charge in [0.05, 0.1) is 7.11 Å². The number of nitrogens with two attached hydrogens (primary N) is 1. The normalized spacial score (nSPS) is 10.1. The molecule has 0 heterocycles. The lowest BCUT2D eigenvalue weighted by Gasteiger charge is -2.17. The number of carbonyl (C=O) groups is 1. The van der Waals surface area contributed by atoms with Crippen LogP contribution in [0.5, 0.6) is 5.75 Å². The van der Waals surface area contributed by atoms with Gasteiger partial charge in [-0.3, -0.25) is 4.79 Å². The molecule has 0 fully saturated rings. The van der Waals surface area contributed by atoms with Crippen LogP contribution in [0.3, 0.4) is 0 Å². The summed E-state index contributed by atoms with van der Waals surface area (Å²) in [4.78, 5) is 13.3. The lowest BCUT2D eigenvalue weighted by atomic mass is 10.1. The van der Waals surface area contributed by atoms with E-state index in [1.165, 1.54) is 0 Å². The van der Waals surface area contributed by atoms with Crippen LogP contribution in [-0.4, -0.2) is 31.5 Å². The van der Waals surface area contributed by atoms with E-state index < -0.39 is 0 Å². The Morgan fingerprint density at radius 3 is 2.71 bits per heavy atom. The zero-order valence-corrected chi connectivity index (χ0v) is 10.7. The second-order valence-electron chi connectivity index (χ2n) is 4.09. The summed E-state index contributed by atoms with van der Waals surface area (Å²) in [5.41, 5.74) is 7.53. The molecular weight excluding hydrogens is 216 g/mol. The number of nitrogens with zero attached hydrogens (tertiary/aromatic N) is 1. The third-order valence-electron chi connectivity index (χ3n) is 2.66. The number of benzene rings is 1. The van der Waals surface area contributed by atoms with E-state index >= 15 is 0 Å². The van der Waals surface area contributed by atoms with E-state index in [0.717, 1.165) is 16.9 Å². The highest BCUT2D eigenvalue weighted by molar-refractivity contribution is 5.76. The van der Waals surface area contributed by atoms with Gasteiger partial charge in [-0.05, 0) is 24.1 Å². The van der Waals surface area contributed by atoms with Gasteiger partial charge in [-0.25, -0.2) is 0 Å². The Balaban J connectivity index is 2.68. The Labute approximate surface area is 102 Å². The van der Waals surface area contributed by atoms with E-state index in [-0.39, 0.29) is 5.91 Å². The number of methoxy groups -OCH3 is 1. The summed E-state index contributed by atoms with van der Waals surface area (Å²) in [7, 11) is 3.44. The molecule has 0 aliphatic heterocycles. The second-order valence-corrected chi connectivity index (χ2v) is 4.09. The van der Waals surface area contributed by atoms with Crippen molar-refractivity contribution in [3.8, 4) is 5.75 Å². The Morgan fingerprint density at radius 2 is 2.18 bits per heavy atom. The molecule has 2 N–H and O–H groups in total. The highest BCUT2D eigenvalue weighted by Gasteiger charge is 2.08. The van der Waals surface area contributed by atoms with Gasteiger partial charge in [0.15, 0.2) is 0 Å². The van der Waals surface area contributed by atoms with Gasteiger partial charge < -0.3 is 15.4 Å². The van der Waals surface area contributed by atoms with Gasteiger partial charge >= 0.3 is 0 Å². The zero-order chi connectivity index (χ0) is 12.8. The zero-order valence-electron chi connectivity index (χ0n) is 10.7. The molecule has 1 aromatic carbocycles. The molecule has 4 heteroatoms. The monoisotopic (exact) mass is 236 g/mol. The topological polar surface area (TPSA) is 55.6 Å². The fourth-order valence-electron chi connectivity index (χ4n) is 1.72. The number of hydrogen-bond acceptors (Lipinski definition) is 3. The van der Waals surface area contributed by atoms with E-state index in [0.29, 0.717) is 19.5 Å². The number of hydrogen-bond donors (Lipinski definition) is 1. The van der Waals surface area contributed by atoms with E-state index in [9.17, 15) is 4.79 Å². The molecule has 0 aliphatic carbocycles. The maximum Gasteiger partial charge on any atom is 0.223 e. The highest BCUT2D eigenvalue weighted by atomic mass is 16.5. The Hall–Kier alpha value is -1.55.